The molecule has 1 aromatic rings. The first kappa shape index (κ1) is 12.0. The first-order valence-electron chi connectivity index (χ1n) is 4.93. The number of hydrogen-bond acceptors (Lipinski definition) is 3. The lowest BCUT2D eigenvalue weighted by Crippen LogP contribution is -2.16. The van der Waals surface area contributed by atoms with Gasteiger partial charge in [0.15, 0.2) is 0 Å². The minimum atomic E-state index is 0.201. The van der Waals surface area contributed by atoms with Gasteiger partial charge in [0, 0.05) is 23.3 Å². The Balaban J connectivity index is 2.52. The van der Waals surface area contributed by atoms with E-state index in [-0.39, 0.29) is 5.75 Å². The van der Waals surface area contributed by atoms with E-state index < -0.39 is 0 Å². The van der Waals surface area contributed by atoms with Gasteiger partial charge in [-0.2, -0.15) is 0 Å². The summed E-state index contributed by atoms with van der Waals surface area (Å²) in [7, 11) is 0. The van der Waals surface area contributed by atoms with Crippen LogP contribution < -0.4 is 5.32 Å². The molecule has 0 radical (unpaired) electrons. The van der Waals surface area contributed by atoms with Crippen LogP contribution in [0.15, 0.2) is 23.2 Å². The van der Waals surface area contributed by atoms with Gasteiger partial charge in [-0.15, -0.1) is 0 Å². The molecule has 1 aromatic carbocycles. The molecule has 82 valence electrons. The fourth-order valence-electron chi connectivity index (χ4n) is 1.11. The Morgan fingerprint density at radius 1 is 1.53 bits per heavy atom. The Morgan fingerprint density at radius 2 is 2.33 bits per heavy atom. The fourth-order valence-corrected chi connectivity index (χ4v) is 1.29. The van der Waals surface area contributed by atoms with Crippen molar-refractivity contribution in [3.8, 4) is 5.75 Å². The lowest BCUT2D eigenvalue weighted by atomic mass is 10.2. The molecule has 2 N–H and O–H groups in total. The van der Waals surface area contributed by atoms with Gasteiger partial charge in [-0.05, 0) is 24.7 Å². The maximum atomic E-state index is 9.47. The summed E-state index contributed by atoms with van der Waals surface area (Å²) in [6.45, 7) is 4.53. The van der Waals surface area contributed by atoms with Crippen LogP contribution in [0.25, 0.3) is 0 Å². The molecule has 0 amide bonds. The number of nitrogens with zero attached hydrogens (tertiary/aromatic N) is 1. The highest BCUT2D eigenvalue weighted by Gasteiger charge is 1.97. The van der Waals surface area contributed by atoms with Crippen molar-refractivity contribution in [2.75, 3.05) is 19.6 Å². The third-order valence-electron chi connectivity index (χ3n) is 1.89. The van der Waals surface area contributed by atoms with Gasteiger partial charge in [-0.3, -0.25) is 4.99 Å². The molecule has 3 nitrogen and oxygen atoms in total. The highest BCUT2D eigenvalue weighted by molar-refractivity contribution is 6.30. The molecule has 1 rings (SSSR count). The average Bonchev–Trinajstić information content (AvgIpc) is 2.23. The summed E-state index contributed by atoms with van der Waals surface area (Å²) in [6, 6.07) is 4.90. The van der Waals surface area contributed by atoms with Gasteiger partial charge in [-0.1, -0.05) is 18.5 Å². The second-order valence-corrected chi connectivity index (χ2v) is 3.53. The molecule has 4 heteroatoms. The molecule has 0 aliphatic heterocycles. The molecule has 0 heterocycles. The molecule has 0 spiro atoms. The lowest BCUT2D eigenvalue weighted by molar-refractivity contribution is 0.474. The maximum Gasteiger partial charge on any atom is 0.124 e. The minimum absolute atomic E-state index is 0.201. The van der Waals surface area contributed by atoms with Crippen molar-refractivity contribution in [3.05, 3.63) is 28.8 Å². The van der Waals surface area contributed by atoms with Crippen molar-refractivity contribution in [1.29, 1.82) is 0 Å². The normalized spacial score (nSPS) is 11.1. The zero-order valence-corrected chi connectivity index (χ0v) is 9.46. The van der Waals surface area contributed by atoms with Crippen molar-refractivity contribution >= 4 is 17.8 Å². The molecule has 0 saturated carbocycles. The predicted molar refractivity (Wildman–Crippen MR) is 64.1 cm³/mol. The molecular weight excluding hydrogens is 212 g/mol. The van der Waals surface area contributed by atoms with Crippen molar-refractivity contribution in [2.24, 2.45) is 4.99 Å². The Bertz CT molecular complexity index is 339. The Hall–Kier alpha value is -1.06. The minimum Gasteiger partial charge on any atom is -0.507 e. The molecule has 0 saturated heterocycles. The van der Waals surface area contributed by atoms with E-state index in [9.17, 15) is 5.11 Å². The second-order valence-electron chi connectivity index (χ2n) is 3.09. The van der Waals surface area contributed by atoms with E-state index >= 15 is 0 Å². The number of nitrogens with one attached hydrogen (secondary N) is 1. The second kappa shape index (κ2) is 6.43. The third kappa shape index (κ3) is 4.32. The number of rotatable bonds is 5. The molecular formula is C11H15ClN2O. The van der Waals surface area contributed by atoms with Crippen molar-refractivity contribution in [3.63, 3.8) is 0 Å². The number of phenols is 1. The Kier molecular flexibility index (Phi) is 5.15. The monoisotopic (exact) mass is 226 g/mol. The van der Waals surface area contributed by atoms with Crippen LogP contribution in [0.3, 0.4) is 0 Å². The number of aromatic hydroxyl groups is 1. The van der Waals surface area contributed by atoms with Crippen LogP contribution in [0.1, 0.15) is 12.5 Å². The van der Waals surface area contributed by atoms with E-state index in [2.05, 4.69) is 10.3 Å². The zero-order valence-electron chi connectivity index (χ0n) is 8.70. The summed E-state index contributed by atoms with van der Waals surface area (Å²) in [5.74, 6) is 0.201. The topological polar surface area (TPSA) is 44.6 Å². The number of likely N-dealkylation sites (N-methyl/N-ethyl adjacent to an activating group) is 1. The van der Waals surface area contributed by atoms with Crippen LogP contribution in [0.5, 0.6) is 5.75 Å². The van der Waals surface area contributed by atoms with Gasteiger partial charge in [0.2, 0.25) is 0 Å². The molecule has 0 aliphatic carbocycles. The van der Waals surface area contributed by atoms with Crippen molar-refractivity contribution in [2.45, 2.75) is 6.92 Å². The SMILES string of the molecule is CCNCCN=Cc1cc(Cl)ccc1O. The van der Waals surface area contributed by atoms with Crippen LogP contribution in [0.4, 0.5) is 0 Å². The van der Waals surface area contributed by atoms with Gasteiger partial charge < -0.3 is 10.4 Å². The van der Waals surface area contributed by atoms with E-state index in [1.165, 1.54) is 0 Å². The van der Waals surface area contributed by atoms with Crippen LogP contribution in [-0.2, 0) is 0 Å². The van der Waals surface area contributed by atoms with Gasteiger partial charge >= 0.3 is 0 Å². The van der Waals surface area contributed by atoms with Gasteiger partial charge in [0.05, 0.1) is 6.54 Å². The van der Waals surface area contributed by atoms with Gasteiger partial charge in [-0.25, -0.2) is 0 Å². The fraction of sp³-hybridized carbons (Fsp3) is 0.364. The zero-order chi connectivity index (χ0) is 11.1. The standard InChI is InChI=1S/C11H15ClN2O/c1-2-13-5-6-14-8-9-7-10(12)3-4-11(9)15/h3-4,7-8,13,15H,2,5-6H2,1H3. The van der Waals surface area contributed by atoms with E-state index in [1.54, 1.807) is 24.4 Å². The summed E-state index contributed by atoms with van der Waals surface area (Å²) in [4.78, 5) is 4.17. The highest BCUT2D eigenvalue weighted by Crippen LogP contribution is 2.19. The molecule has 0 unspecified atom stereocenters. The van der Waals surface area contributed by atoms with E-state index in [0.717, 1.165) is 13.1 Å². The van der Waals surface area contributed by atoms with E-state index in [4.69, 9.17) is 11.6 Å². The Labute approximate surface area is 94.8 Å². The summed E-state index contributed by atoms with van der Waals surface area (Å²) >= 11 is 5.79. The number of benzene rings is 1. The molecule has 0 atom stereocenters. The molecule has 0 bridgehead atoms. The van der Waals surface area contributed by atoms with Gasteiger partial charge in [0.25, 0.3) is 0 Å². The molecule has 0 aromatic heterocycles. The Morgan fingerprint density at radius 3 is 3.07 bits per heavy atom. The van der Waals surface area contributed by atoms with Crippen LogP contribution in [-0.4, -0.2) is 31.0 Å². The third-order valence-corrected chi connectivity index (χ3v) is 2.12. The first-order chi connectivity index (χ1) is 7.24. The smallest absolute Gasteiger partial charge is 0.124 e. The van der Waals surface area contributed by atoms with Gasteiger partial charge in [0.1, 0.15) is 5.75 Å². The summed E-state index contributed by atoms with van der Waals surface area (Å²) in [6.07, 6.45) is 1.64. The lowest BCUT2D eigenvalue weighted by Gasteiger charge is -1.99. The maximum absolute atomic E-state index is 9.47. The van der Waals surface area contributed by atoms with E-state index in [0.29, 0.717) is 17.1 Å². The molecule has 0 aliphatic rings. The predicted octanol–water partition coefficient (Wildman–Crippen LogP) is 2.07. The number of halogens is 1. The molecule has 0 fully saturated rings. The largest absolute Gasteiger partial charge is 0.507 e. The van der Waals surface area contributed by atoms with Crippen LogP contribution >= 0.6 is 11.6 Å². The summed E-state index contributed by atoms with van der Waals surface area (Å²) < 4.78 is 0. The number of hydrogen-bond donors (Lipinski definition) is 2. The summed E-state index contributed by atoms with van der Waals surface area (Å²) in [5.41, 5.74) is 0.652. The number of aliphatic imine (C=N–C) groups is 1. The van der Waals surface area contributed by atoms with Crippen molar-refractivity contribution < 1.29 is 5.11 Å². The highest BCUT2D eigenvalue weighted by atomic mass is 35.5. The average molecular weight is 227 g/mol. The van der Waals surface area contributed by atoms with E-state index in [1.807, 2.05) is 6.92 Å². The quantitative estimate of drug-likeness (QED) is 0.597. The van der Waals surface area contributed by atoms with Crippen LogP contribution in [0, 0.1) is 0 Å². The van der Waals surface area contributed by atoms with Crippen molar-refractivity contribution in [1.82, 2.24) is 5.32 Å². The first-order valence-corrected chi connectivity index (χ1v) is 5.31. The number of phenolic OH excluding ortho intramolecular Hbond substituents is 1. The molecule has 15 heavy (non-hydrogen) atoms. The van der Waals surface area contributed by atoms with Crippen LogP contribution in [0.2, 0.25) is 5.02 Å². The summed E-state index contributed by atoms with van der Waals surface area (Å²) in [5, 5.41) is 13.2.